The molecule has 1 heterocycles. The summed E-state index contributed by atoms with van der Waals surface area (Å²) < 4.78 is 11.6. The Hall–Kier alpha value is -2.98. The van der Waals surface area contributed by atoms with E-state index in [1.807, 2.05) is 36.4 Å². The Balaban J connectivity index is 1.57. The standard InChI is InChI=1S/C25H24ClNO3/c26-21-11-8-19(9-12-21)25(28)27-22(13-7-18-5-2-1-3-6-18)20-10-14-23-24(17-20)30-16-4-15-29-23/h1-3,5-6,8-12,14,17,22H,4,7,13,15-16H2,(H,27,28). The number of hydrogen-bond acceptors (Lipinski definition) is 3. The van der Waals surface area contributed by atoms with E-state index in [0.717, 1.165) is 36.3 Å². The van der Waals surface area contributed by atoms with Crippen molar-refractivity contribution in [3.8, 4) is 11.5 Å². The van der Waals surface area contributed by atoms with Crippen LogP contribution in [0.1, 0.15) is 40.4 Å². The van der Waals surface area contributed by atoms with Crippen molar-refractivity contribution < 1.29 is 14.3 Å². The van der Waals surface area contributed by atoms with Gasteiger partial charge in [0.1, 0.15) is 0 Å². The van der Waals surface area contributed by atoms with Gasteiger partial charge in [-0.15, -0.1) is 0 Å². The highest BCUT2D eigenvalue weighted by atomic mass is 35.5. The van der Waals surface area contributed by atoms with Gasteiger partial charge in [-0.25, -0.2) is 0 Å². The smallest absolute Gasteiger partial charge is 0.251 e. The average Bonchev–Trinajstić information content (AvgIpc) is 3.02. The van der Waals surface area contributed by atoms with Gasteiger partial charge in [-0.3, -0.25) is 4.79 Å². The first-order valence-corrected chi connectivity index (χ1v) is 10.6. The predicted molar refractivity (Wildman–Crippen MR) is 118 cm³/mol. The highest BCUT2D eigenvalue weighted by Crippen LogP contribution is 2.33. The molecule has 1 aliphatic heterocycles. The second-order valence-corrected chi connectivity index (χ2v) is 7.75. The zero-order valence-corrected chi connectivity index (χ0v) is 17.4. The van der Waals surface area contributed by atoms with E-state index in [0.29, 0.717) is 23.8 Å². The van der Waals surface area contributed by atoms with E-state index in [9.17, 15) is 4.79 Å². The van der Waals surface area contributed by atoms with E-state index in [-0.39, 0.29) is 11.9 Å². The zero-order valence-electron chi connectivity index (χ0n) is 16.6. The Morgan fingerprint density at radius 1 is 0.933 bits per heavy atom. The molecule has 4 rings (SSSR count). The summed E-state index contributed by atoms with van der Waals surface area (Å²) in [5, 5.41) is 3.79. The number of nitrogens with one attached hydrogen (secondary N) is 1. The lowest BCUT2D eigenvalue weighted by atomic mass is 9.98. The van der Waals surface area contributed by atoms with Crippen LogP contribution in [0.2, 0.25) is 5.02 Å². The van der Waals surface area contributed by atoms with Crippen LogP contribution in [0.4, 0.5) is 0 Å². The van der Waals surface area contributed by atoms with E-state index < -0.39 is 0 Å². The van der Waals surface area contributed by atoms with Gasteiger partial charge in [-0.2, -0.15) is 0 Å². The molecule has 0 bridgehead atoms. The molecular formula is C25H24ClNO3. The van der Waals surface area contributed by atoms with Crippen LogP contribution in [0.3, 0.4) is 0 Å². The molecule has 1 atom stereocenters. The molecule has 4 nitrogen and oxygen atoms in total. The van der Waals surface area contributed by atoms with Crippen molar-refractivity contribution in [1.29, 1.82) is 0 Å². The fraction of sp³-hybridized carbons (Fsp3) is 0.240. The number of fused-ring (bicyclic) bond motifs is 1. The lowest BCUT2D eigenvalue weighted by Crippen LogP contribution is -2.29. The normalized spacial score (nSPS) is 13.9. The molecule has 5 heteroatoms. The van der Waals surface area contributed by atoms with Gasteiger partial charge in [0.25, 0.3) is 5.91 Å². The number of aryl methyl sites for hydroxylation is 1. The number of carbonyl (C=O) groups excluding carboxylic acids is 1. The Morgan fingerprint density at radius 3 is 2.43 bits per heavy atom. The summed E-state index contributed by atoms with van der Waals surface area (Å²) in [6.07, 6.45) is 2.47. The fourth-order valence-corrected chi connectivity index (χ4v) is 3.64. The minimum absolute atomic E-state index is 0.128. The van der Waals surface area contributed by atoms with Gasteiger partial charge < -0.3 is 14.8 Å². The van der Waals surface area contributed by atoms with Gasteiger partial charge in [0.15, 0.2) is 11.5 Å². The molecule has 154 valence electrons. The third-order valence-electron chi connectivity index (χ3n) is 5.15. The Morgan fingerprint density at radius 2 is 1.67 bits per heavy atom. The minimum atomic E-state index is -0.162. The van der Waals surface area contributed by atoms with E-state index >= 15 is 0 Å². The first kappa shape index (κ1) is 20.3. The molecule has 1 N–H and O–H groups in total. The maximum Gasteiger partial charge on any atom is 0.251 e. The van der Waals surface area contributed by atoms with Gasteiger partial charge in [0.2, 0.25) is 0 Å². The van der Waals surface area contributed by atoms with Crippen molar-refractivity contribution in [3.63, 3.8) is 0 Å². The average molecular weight is 422 g/mol. The van der Waals surface area contributed by atoms with Crippen LogP contribution >= 0.6 is 11.6 Å². The highest BCUT2D eigenvalue weighted by Gasteiger charge is 2.19. The zero-order chi connectivity index (χ0) is 20.8. The fourth-order valence-electron chi connectivity index (χ4n) is 3.52. The van der Waals surface area contributed by atoms with Gasteiger partial charge >= 0.3 is 0 Å². The molecule has 0 radical (unpaired) electrons. The second kappa shape index (κ2) is 9.68. The Bertz CT molecular complexity index is 989. The third kappa shape index (κ3) is 5.14. The molecule has 30 heavy (non-hydrogen) atoms. The van der Waals surface area contributed by atoms with Crippen LogP contribution in [0.5, 0.6) is 11.5 Å². The van der Waals surface area contributed by atoms with Gasteiger partial charge in [-0.05, 0) is 60.4 Å². The van der Waals surface area contributed by atoms with E-state index in [4.69, 9.17) is 21.1 Å². The molecule has 0 aromatic heterocycles. The van der Waals surface area contributed by atoms with Gasteiger partial charge in [0.05, 0.1) is 19.3 Å². The number of benzene rings is 3. The topological polar surface area (TPSA) is 47.6 Å². The van der Waals surface area contributed by atoms with E-state index in [2.05, 4.69) is 17.4 Å². The van der Waals surface area contributed by atoms with Crippen molar-refractivity contribution in [2.75, 3.05) is 13.2 Å². The lowest BCUT2D eigenvalue weighted by molar-refractivity contribution is 0.0934. The van der Waals surface area contributed by atoms with Crippen molar-refractivity contribution in [3.05, 3.63) is 94.5 Å². The van der Waals surface area contributed by atoms with Crippen LogP contribution in [-0.4, -0.2) is 19.1 Å². The van der Waals surface area contributed by atoms with Crippen LogP contribution < -0.4 is 14.8 Å². The number of carbonyl (C=O) groups is 1. The molecule has 0 spiro atoms. The van der Waals surface area contributed by atoms with E-state index in [1.54, 1.807) is 24.3 Å². The van der Waals surface area contributed by atoms with E-state index in [1.165, 1.54) is 5.56 Å². The van der Waals surface area contributed by atoms with Crippen LogP contribution in [0.15, 0.2) is 72.8 Å². The summed E-state index contributed by atoms with van der Waals surface area (Å²) in [5.74, 6) is 1.36. The van der Waals surface area contributed by atoms with Crippen LogP contribution in [-0.2, 0) is 6.42 Å². The highest BCUT2D eigenvalue weighted by molar-refractivity contribution is 6.30. The monoisotopic (exact) mass is 421 g/mol. The molecule has 1 amide bonds. The maximum atomic E-state index is 12.9. The molecule has 0 saturated heterocycles. The number of ether oxygens (including phenoxy) is 2. The number of halogens is 1. The summed E-state index contributed by atoms with van der Waals surface area (Å²) in [6.45, 7) is 1.28. The van der Waals surface area contributed by atoms with Gasteiger partial charge in [0, 0.05) is 17.0 Å². The number of amides is 1. The molecule has 3 aromatic rings. The molecule has 0 aliphatic carbocycles. The van der Waals surface area contributed by atoms with Crippen molar-refractivity contribution in [2.45, 2.75) is 25.3 Å². The summed E-state index contributed by atoms with van der Waals surface area (Å²) in [4.78, 5) is 12.9. The number of hydrogen-bond donors (Lipinski definition) is 1. The van der Waals surface area contributed by atoms with Gasteiger partial charge in [-0.1, -0.05) is 48.0 Å². The quantitative estimate of drug-likeness (QED) is 0.563. The Labute approximate surface area is 181 Å². The first-order chi connectivity index (χ1) is 14.7. The van der Waals surface area contributed by atoms with Crippen LogP contribution in [0.25, 0.3) is 0 Å². The predicted octanol–water partition coefficient (Wildman–Crippen LogP) is 5.61. The Kier molecular flexibility index (Phi) is 6.55. The van der Waals surface area contributed by atoms with Crippen molar-refractivity contribution >= 4 is 17.5 Å². The molecule has 0 saturated carbocycles. The molecule has 1 aliphatic rings. The second-order valence-electron chi connectivity index (χ2n) is 7.31. The third-order valence-corrected chi connectivity index (χ3v) is 5.40. The maximum absolute atomic E-state index is 12.9. The lowest BCUT2D eigenvalue weighted by Gasteiger charge is -2.21. The molecule has 3 aromatic carbocycles. The molecule has 0 fully saturated rings. The van der Waals surface area contributed by atoms with Crippen molar-refractivity contribution in [2.24, 2.45) is 0 Å². The largest absolute Gasteiger partial charge is 0.490 e. The summed E-state index contributed by atoms with van der Waals surface area (Å²) in [7, 11) is 0. The summed E-state index contributed by atoms with van der Waals surface area (Å²) in [6, 6.07) is 23.0. The first-order valence-electron chi connectivity index (χ1n) is 10.2. The minimum Gasteiger partial charge on any atom is -0.490 e. The van der Waals surface area contributed by atoms with Crippen molar-refractivity contribution in [1.82, 2.24) is 5.32 Å². The summed E-state index contributed by atoms with van der Waals surface area (Å²) >= 11 is 5.96. The number of rotatable bonds is 6. The molecule has 1 unspecified atom stereocenters. The van der Waals surface area contributed by atoms with Crippen LogP contribution in [0, 0.1) is 0 Å². The molecular weight excluding hydrogens is 398 g/mol. The SMILES string of the molecule is O=C(NC(CCc1ccccc1)c1ccc2c(c1)OCCCO2)c1ccc(Cl)cc1. The summed E-state index contributed by atoms with van der Waals surface area (Å²) in [5.41, 5.74) is 2.81.